The van der Waals surface area contributed by atoms with E-state index in [1.54, 1.807) is 48.2 Å². The number of benzene rings is 3. The first-order valence-electron chi connectivity index (χ1n) is 9.90. The molecule has 0 bridgehead atoms. The summed E-state index contributed by atoms with van der Waals surface area (Å²) in [5.74, 6) is -0.226. The van der Waals surface area contributed by atoms with E-state index in [0.717, 1.165) is 5.56 Å². The van der Waals surface area contributed by atoms with Gasteiger partial charge in [-0.2, -0.15) is 0 Å². The Hall–Kier alpha value is -3.93. The molecule has 1 unspecified atom stereocenters. The van der Waals surface area contributed by atoms with Crippen molar-refractivity contribution in [3.05, 3.63) is 95.8 Å². The minimum Gasteiger partial charge on any atom is -0.479 e. The van der Waals surface area contributed by atoms with Crippen LogP contribution < -0.4 is 15.0 Å². The Kier molecular flexibility index (Phi) is 5.80. The van der Waals surface area contributed by atoms with Crippen LogP contribution in [0.15, 0.2) is 78.9 Å². The summed E-state index contributed by atoms with van der Waals surface area (Å²) >= 11 is 0. The van der Waals surface area contributed by atoms with Crippen LogP contribution in [0, 0.1) is 5.82 Å². The molecule has 1 aliphatic heterocycles. The summed E-state index contributed by atoms with van der Waals surface area (Å²) in [6.07, 6.45) is 2.39. The number of carbonyl (C=O) groups excluding carboxylic acids is 2. The maximum atomic E-state index is 13.0. The van der Waals surface area contributed by atoms with Gasteiger partial charge in [0.25, 0.3) is 5.91 Å². The molecule has 0 aromatic heterocycles. The third-order valence-corrected chi connectivity index (χ3v) is 4.92. The van der Waals surface area contributed by atoms with Crippen LogP contribution in [0.25, 0.3) is 6.08 Å². The number of rotatable bonds is 5. The number of hydrogen-bond donors (Lipinski definition) is 1. The number of amides is 2. The van der Waals surface area contributed by atoms with Crippen molar-refractivity contribution in [2.45, 2.75) is 19.6 Å². The molecule has 31 heavy (non-hydrogen) atoms. The molecule has 4 rings (SSSR count). The number of carbonyl (C=O) groups is 2. The zero-order chi connectivity index (χ0) is 21.8. The molecule has 0 radical (unpaired) electrons. The average molecular weight is 416 g/mol. The molecule has 0 saturated carbocycles. The van der Waals surface area contributed by atoms with E-state index in [-0.39, 0.29) is 17.6 Å². The van der Waals surface area contributed by atoms with Gasteiger partial charge in [0, 0.05) is 11.8 Å². The molecule has 0 spiro atoms. The van der Waals surface area contributed by atoms with Gasteiger partial charge in [0.2, 0.25) is 5.91 Å². The van der Waals surface area contributed by atoms with Crippen molar-refractivity contribution in [3.63, 3.8) is 0 Å². The topological polar surface area (TPSA) is 58.6 Å². The molecular formula is C25H21FN2O3. The predicted octanol–water partition coefficient (Wildman–Crippen LogP) is 4.79. The van der Waals surface area contributed by atoms with Gasteiger partial charge in [0.15, 0.2) is 6.10 Å². The van der Waals surface area contributed by atoms with E-state index in [1.807, 2.05) is 30.3 Å². The summed E-state index contributed by atoms with van der Waals surface area (Å²) in [7, 11) is 0. The summed E-state index contributed by atoms with van der Waals surface area (Å²) in [4.78, 5) is 26.8. The van der Waals surface area contributed by atoms with Crippen LogP contribution in [-0.2, 0) is 16.1 Å². The summed E-state index contributed by atoms with van der Waals surface area (Å²) in [6.45, 7) is 2.13. The lowest BCUT2D eigenvalue weighted by molar-refractivity contribution is -0.125. The van der Waals surface area contributed by atoms with Gasteiger partial charge in [0.05, 0.1) is 12.2 Å². The fourth-order valence-corrected chi connectivity index (χ4v) is 3.34. The monoisotopic (exact) mass is 416 g/mol. The maximum Gasteiger partial charge on any atom is 0.268 e. The van der Waals surface area contributed by atoms with Crippen molar-refractivity contribution in [2.24, 2.45) is 0 Å². The maximum absolute atomic E-state index is 13.0. The third kappa shape index (κ3) is 4.80. The Morgan fingerprint density at radius 1 is 1.10 bits per heavy atom. The number of ether oxygens (including phenoxy) is 1. The smallest absolute Gasteiger partial charge is 0.268 e. The first-order chi connectivity index (χ1) is 15.0. The van der Waals surface area contributed by atoms with Crippen LogP contribution in [0.1, 0.15) is 18.1 Å². The molecular weight excluding hydrogens is 395 g/mol. The Labute approximate surface area is 179 Å². The van der Waals surface area contributed by atoms with Crippen LogP contribution in [0.5, 0.6) is 5.75 Å². The van der Waals surface area contributed by atoms with Gasteiger partial charge in [0.1, 0.15) is 11.6 Å². The standard InChI is InChI=1S/C25H21FN2O3/c1-17-25(30)28(16-19-5-3-2-4-6-19)22-15-21(12-13-23(22)31-17)27-24(29)14-9-18-7-10-20(26)11-8-18/h2-15,17H,16H2,1H3,(H,27,29). The number of nitrogens with one attached hydrogen (secondary N) is 1. The molecule has 3 aromatic carbocycles. The van der Waals surface area contributed by atoms with Gasteiger partial charge in [-0.15, -0.1) is 0 Å². The Bertz CT molecular complexity index is 1130. The largest absolute Gasteiger partial charge is 0.479 e. The SMILES string of the molecule is CC1Oc2ccc(NC(=O)C=Cc3ccc(F)cc3)cc2N(Cc2ccccc2)C1=O. The number of halogens is 1. The Morgan fingerprint density at radius 3 is 2.58 bits per heavy atom. The highest BCUT2D eigenvalue weighted by atomic mass is 19.1. The summed E-state index contributed by atoms with van der Waals surface area (Å²) in [5, 5.41) is 2.79. The first-order valence-corrected chi connectivity index (χ1v) is 9.90. The van der Waals surface area contributed by atoms with Crippen LogP contribution in [0.4, 0.5) is 15.8 Å². The van der Waals surface area contributed by atoms with Gasteiger partial charge >= 0.3 is 0 Å². The molecule has 5 nitrogen and oxygen atoms in total. The van der Waals surface area contributed by atoms with Gasteiger partial charge in [-0.25, -0.2) is 4.39 Å². The normalized spacial score (nSPS) is 15.5. The van der Waals surface area contributed by atoms with Crippen LogP contribution in [0.3, 0.4) is 0 Å². The van der Waals surface area contributed by atoms with Crippen molar-refractivity contribution in [2.75, 3.05) is 10.2 Å². The van der Waals surface area contributed by atoms with Gasteiger partial charge < -0.3 is 15.0 Å². The molecule has 1 heterocycles. The lowest BCUT2D eigenvalue weighted by Gasteiger charge is -2.33. The van der Waals surface area contributed by atoms with E-state index in [9.17, 15) is 14.0 Å². The van der Waals surface area contributed by atoms with Crippen LogP contribution in [-0.4, -0.2) is 17.9 Å². The zero-order valence-corrected chi connectivity index (χ0v) is 16.9. The van der Waals surface area contributed by atoms with E-state index >= 15 is 0 Å². The average Bonchev–Trinajstić information content (AvgIpc) is 2.77. The second-order valence-electron chi connectivity index (χ2n) is 7.23. The number of anilines is 2. The third-order valence-electron chi connectivity index (χ3n) is 4.92. The summed E-state index contributed by atoms with van der Waals surface area (Å²) in [5.41, 5.74) is 2.85. The molecule has 1 aliphatic rings. The molecule has 3 aromatic rings. The lowest BCUT2D eigenvalue weighted by atomic mass is 10.1. The molecule has 1 N–H and O–H groups in total. The van der Waals surface area contributed by atoms with E-state index in [2.05, 4.69) is 5.32 Å². The van der Waals surface area contributed by atoms with Crippen molar-refractivity contribution in [1.82, 2.24) is 0 Å². The van der Waals surface area contributed by atoms with Crippen molar-refractivity contribution in [1.29, 1.82) is 0 Å². The van der Waals surface area contributed by atoms with Crippen molar-refractivity contribution >= 4 is 29.3 Å². The quantitative estimate of drug-likeness (QED) is 0.609. The number of hydrogen-bond acceptors (Lipinski definition) is 3. The Morgan fingerprint density at radius 2 is 1.84 bits per heavy atom. The molecule has 156 valence electrons. The number of fused-ring (bicyclic) bond motifs is 1. The minimum atomic E-state index is -0.588. The van der Waals surface area contributed by atoms with Crippen molar-refractivity contribution < 1.29 is 18.7 Å². The van der Waals surface area contributed by atoms with Crippen LogP contribution in [0.2, 0.25) is 0 Å². The summed E-state index contributed by atoms with van der Waals surface area (Å²) in [6, 6.07) is 20.7. The van der Waals surface area contributed by atoms with Crippen LogP contribution >= 0.6 is 0 Å². The van der Waals surface area contributed by atoms with E-state index in [4.69, 9.17) is 4.74 Å². The highest BCUT2D eigenvalue weighted by Gasteiger charge is 2.31. The second-order valence-corrected chi connectivity index (χ2v) is 7.23. The molecule has 0 saturated heterocycles. The molecule has 0 fully saturated rings. The second kappa shape index (κ2) is 8.83. The van der Waals surface area contributed by atoms with Crippen molar-refractivity contribution in [3.8, 4) is 5.75 Å². The van der Waals surface area contributed by atoms with E-state index < -0.39 is 6.10 Å². The fraction of sp³-hybridized carbons (Fsp3) is 0.120. The zero-order valence-electron chi connectivity index (χ0n) is 16.9. The molecule has 2 amide bonds. The molecule has 6 heteroatoms. The van der Waals surface area contributed by atoms with Gasteiger partial charge in [-0.05, 0) is 54.5 Å². The van der Waals surface area contributed by atoms with E-state index in [0.29, 0.717) is 29.2 Å². The minimum absolute atomic E-state index is 0.143. The fourth-order valence-electron chi connectivity index (χ4n) is 3.34. The highest BCUT2D eigenvalue weighted by molar-refractivity contribution is 6.04. The molecule has 1 atom stereocenters. The van der Waals surface area contributed by atoms with E-state index in [1.165, 1.54) is 18.2 Å². The lowest BCUT2D eigenvalue weighted by Crippen LogP contribution is -2.44. The summed E-state index contributed by atoms with van der Waals surface area (Å²) < 4.78 is 18.7. The first kappa shape index (κ1) is 20.3. The van der Waals surface area contributed by atoms with Gasteiger partial charge in [-0.1, -0.05) is 42.5 Å². The predicted molar refractivity (Wildman–Crippen MR) is 118 cm³/mol. The Balaban J connectivity index is 1.54. The highest BCUT2D eigenvalue weighted by Crippen LogP contribution is 2.37. The molecule has 0 aliphatic carbocycles. The number of nitrogens with zero attached hydrogens (tertiary/aromatic N) is 1. The van der Waals surface area contributed by atoms with Gasteiger partial charge in [-0.3, -0.25) is 9.59 Å².